The van der Waals surface area contributed by atoms with Crippen LogP contribution in [-0.4, -0.2) is 22.5 Å². The Labute approximate surface area is 150 Å². The maximum atomic E-state index is 12.4. The molecule has 3 aromatic rings. The molecule has 0 aliphatic carbocycles. The topological polar surface area (TPSA) is 86.3 Å². The zero-order valence-electron chi connectivity index (χ0n) is 14.1. The lowest BCUT2D eigenvalue weighted by Crippen LogP contribution is -2.25. The number of carbonyl (C=O) groups excluding carboxylic acids is 2. The van der Waals surface area contributed by atoms with Crippen LogP contribution in [0.1, 0.15) is 24.0 Å². The smallest absolute Gasteiger partial charge is 0.240 e. The standard InChI is InChI=1S/C20H18N4O2/c25-19-10-9-17(23-24-19)13-5-7-15(8-6-13)22-20(26)11-14-12-21-18-4-2-1-3-16(14)18/h1-8,12,21H,9-11H2,(H,22,26)(H,24,25). The molecule has 0 atom stereocenters. The molecule has 6 nitrogen and oxygen atoms in total. The molecule has 2 amide bonds. The fraction of sp³-hybridized carbons (Fsp3) is 0.150. The molecule has 130 valence electrons. The lowest BCUT2D eigenvalue weighted by Gasteiger charge is -2.12. The van der Waals surface area contributed by atoms with Crippen molar-refractivity contribution in [3.05, 3.63) is 65.9 Å². The van der Waals surface area contributed by atoms with Crippen LogP contribution in [0.2, 0.25) is 0 Å². The van der Waals surface area contributed by atoms with E-state index in [0.717, 1.165) is 33.4 Å². The number of anilines is 1. The lowest BCUT2D eigenvalue weighted by atomic mass is 10.0. The van der Waals surface area contributed by atoms with Crippen molar-refractivity contribution in [2.75, 3.05) is 5.32 Å². The minimum atomic E-state index is -0.0650. The highest BCUT2D eigenvalue weighted by molar-refractivity contribution is 6.04. The van der Waals surface area contributed by atoms with Gasteiger partial charge in [-0.3, -0.25) is 9.59 Å². The fourth-order valence-electron chi connectivity index (χ4n) is 3.08. The van der Waals surface area contributed by atoms with E-state index < -0.39 is 0 Å². The number of hydrogen-bond acceptors (Lipinski definition) is 3. The van der Waals surface area contributed by atoms with Crippen molar-refractivity contribution >= 4 is 34.1 Å². The van der Waals surface area contributed by atoms with Crippen LogP contribution in [0.4, 0.5) is 5.69 Å². The number of H-pyrrole nitrogens is 1. The van der Waals surface area contributed by atoms with Gasteiger partial charge in [-0.2, -0.15) is 5.10 Å². The Hall–Kier alpha value is -3.41. The van der Waals surface area contributed by atoms with Gasteiger partial charge in [-0.1, -0.05) is 30.3 Å². The van der Waals surface area contributed by atoms with E-state index >= 15 is 0 Å². The van der Waals surface area contributed by atoms with Crippen LogP contribution < -0.4 is 10.7 Å². The predicted molar refractivity (Wildman–Crippen MR) is 101 cm³/mol. The molecule has 2 aromatic carbocycles. The number of hydrogen-bond donors (Lipinski definition) is 3. The summed E-state index contributed by atoms with van der Waals surface area (Å²) in [5.74, 6) is -0.125. The van der Waals surface area contributed by atoms with E-state index in [0.29, 0.717) is 19.3 Å². The zero-order chi connectivity index (χ0) is 17.9. The molecule has 1 aromatic heterocycles. The molecular weight excluding hydrogens is 328 g/mol. The SMILES string of the molecule is O=C1CCC(c2ccc(NC(=O)Cc3c[nH]c4ccccc34)cc2)=NN1. The van der Waals surface area contributed by atoms with Crippen molar-refractivity contribution in [3.8, 4) is 0 Å². The summed E-state index contributed by atoms with van der Waals surface area (Å²) in [4.78, 5) is 26.7. The van der Waals surface area contributed by atoms with Gasteiger partial charge in [0.15, 0.2) is 0 Å². The van der Waals surface area contributed by atoms with E-state index in [1.54, 1.807) is 0 Å². The Kier molecular flexibility index (Phi) is 4.23. The maximum absolute atomic E-state index is 12.4. The second-order valence-corrected chi connectivity index (χ2v) is 6.26. The van der Waals surface area contributed by atoms with Gasteiger partial charge >= 0.3 is 0 Å². The molecule has 0 fully saturated rings. The number of para-hydroxylation sites is 1. The second kappa shape index (κ2) is 6.84. The molecule has 6 heteroatoms. The molecule has 26 heavy (non-hydrogen) atoms. The summed E-state index contributed by atoms with van der Waals surface area (Å²) in [7, 11) is 0. The third kappa shape index (κ3) is 3.35. The minimum absolute atomic E-state index is 0.0603. The van der Waals surface area contributed by atoms with E-state index in [1.807, 2.05) is 54.7 Å². The molecule has 0 bridgehead atoms. The molecule has 0 unspecified atom stereocenters. The summed E-state index contributed by atoms with van der Waals surface area (Å²) >= 11 is 0. The van der Waals surface area contributed by atoms with E-state index in [2.05, 4.69) is 20.8 Å². The molecular formula is C20H18N4O2. The van der Waals surface area contributed by atoms with Gasteiger partial charge in [-0.25, -0.2) is 5.43 Å². The molecule has 1 aliphatic rings. The molecule has 3 N–H and O–H groups in total. The highest BCUT2D eigenvalue weighted by Crippen LogP contribution is 2.19. The Morgan fingerprint density at radius 3 is 2.65 bits per heavy atom. The number of aromatic nitrogens is 1. The zero-order valence-corrected chi connectivity index (χ0v) is 14.1. The average molecular weight is 346 g/mol. The second-order valence-electron chi connectivity index (χ2n) is 6.26. The fourth-order valence-corrected chi connectivity index (χ4v) is 3.08. The van der Waals surface area contributed by atoms with Crippen LogP contribution in [0, 0.1) is 0 Å². The normalized spacial score (nSPS) is 14.0. The first-order chi connectivity index (χ1) is 12.7. The molecule has 0 saturated carbocycles. The number of hydrazone groups is 1. The Bertz CT molecular complexity index is 1000. The van der Waals surface area contributed by atoms with Gasteiger partial charge in [0, 0.05) is 35.6 Å². The van der Waals surface area contributed by atoms with Crippen LogP contribution in [-0.2, 0) is 16.0 Å². The van der Waals surface area contributed by atoms with Crippen molar-refractivity contribution in [2.24, 2.45) is 5.10 Å². The van der Waals surface area contributed by atoms with E-state index in [9.17, 15) is 9.59 Å². The number of rotatable bonds is 4. The molecule has 0 radical (unpaired) electrons. The van der Waals surface area contributed by atoms with Gasteiger partial charge in [-0.05, 0) is 29.3 Å². The van der Waals surface area contributed by atoms with Crippen molar-refractivity contribution in [1.82, 2.24) is 10.4 Å². The van der Waals surface area contributed by atoms with Crippen LogP contribution in [0.15, 0.2) is 59.8 Å². The third-order valence-electron chi connectivity index (χ3n) is 4.43. The number of fused-ring (bicyclic) bond motifs is 1. The van der Waals surface area contributed by atoms with Gasteiger partial charge in [0.2, 0.25) is 11.8 Å². The van der Waals surface area contributed by atoms with Gasteiger partial charge in [0.1, 0.15) is 0 Å². The highest BCUT2D eigenvalue weighted by atomic mass is 16.2. The first kappa shape index (κ1) is 16.1. The number of nitrogens with one attached hydrogen (secondary N) is 3. The third-order valence-corrected chi connectivity index (χ3v) is 4.43. The molecule has 2 heterocycles. The molecule has 4 rings (SSSR count). The number of amides is 2. The van der Waals surface area contributed by atoms with Crippen LogP contribution in [0.3, 0.4) is 0 Å². The maximum Gasteiger partial charge on any atom is 0.240 e. The molecule has 0 saturated heterocycles. The van der Waals surface area contributed by atoms with Crippen molar-refractivity contribution in [3.63, 3.8) is 0 Å². The number of aromatic amines is 1. The average Bonchev–Trinajstić information content (AvgIpc) is 3.06. The van der Waals surface area contributed by atoms with Crippen LogP contribution in [0.5, 0.6) is 0 Å². The van der Waals surface area contributed by atoms with E-state index in [-0.39, 0.29) is 11.8 Å². The summed E-state index contributed by atoms with van der Waals surface area (Å²) < 4.78 is 0. The van der Waals surface area contributed by atoms with Gasteiger partial charge in [-0.15, -0.1) is 0 Å². The quantitative estimate of drug-likeness (QED) is 0.678. The van der Waals surface area contributed by atoms with Crippen LogP contribution >= 0.6 is 0 Å². The van der Waals surface area contributed by atoms with Crippen LogP contribution in [0.25, 0.3) is 10.9 Å². The number of benzene rings is 2. The van der Waals surface area contributed by atoms with Crippen molar-refractivity contribution in [1.29, 1.82) is 0 Å². The molecule has 1 aliphatic heterocycles. The van der Waals surface area contributed by atoms with E-state index in [1.165, 1.54) is 0 Å². The lowest BCUT2D eigenvalue weighted by molar-refractivity contribution is -0.121. The summed E-state index contributed by atoms with van der Waals surface area (Å²) in [6, 6.07) is 15.4. The Balaban J connectivity index is 1.42. The van der Waals surface area contributed by atoms with Gasteiger partial charge in [0.25, 0.3) is 0 Å². The van der Waals surface area contributed by atoms with Crippen molar-refractivity contribution in [2.45, 2.75) is 19.3 Å². The monoisotopic (exact) mass is 346 g/mol. The first-order valence-electron chi connectivity index (χ1n) is 8.50. The Morgan fingerprint density at radius 2 is 1.88 bits per heavy atom. The van der Waals surface area contributed by atoms with Crippen molar-refractivity contribution < 1.29 is 9.59 Å². The highest BCUT2D eigenvalue weighted by Gasteiger charge is 2.13. The summed E-state index contributed by atoms with van der Waals surface area (Å²) in [6.07, 6.45) is 3.26. The predicted octanol–water partition coefficient (Wildman–Crippen LogP) is 2.96. The Morgan fingerprint density at radius 1 is 1.08 bits per heavy atom. The van der Waals surface area contributed by atoms with E-state index in [4.69, 9.17) is 0 Å². The van der Waals surface area contributed by atoms with Gasteiger partial charge < -0.3 is 10.3 Å². The number of carbonyl (C=O) groups is 2. The summed E-state index contributed by atoms with van der Waals surface area (Å²) in [5, 5.41) is 8.06. The summed E-state index contributed by atoms with van der Waals surface area (Å²) in [5.41, 5.74) is 7.02. The first-order valence-corrected chi connectivity index (χ1v) is 8.50. The summed E-state index contributed by atoms with van der Waals surface area (Å²) in [6.45, 7) is 0. The number of nitrogens with zero attached hydrogens (tertiary/aromatic N) is 1. The minimum Gasteiger partial charge on any atom is -0.361 e. The molecule has 0 spiro atoms. The van der Waals surface area contributed by atoms with Gasteiger partial charge in [0.05, 0.1) is 12.1 Å². The largest absolute Gasteiger partial charge is 0.361 e.